The summed E-state index contributed by atoms with van der Waals surface area (Å²) < 4.78 is 2.43. The number of aromatic nitrogens is 2. The van der Waals surface area contributed by atoms with Gasteiger partial charge in [-0.15, -0.1) is 0 Å². The van der Waals surface area contributed by atoms with Gasteiger partial charge in [0.05, 0.1) is 23.4 Å². The molecule has 1 saturated carbocycles. The zero-order chi connectivity index (χ0) is 14.8. The third-order valence-electron chi connectivity index (χ3n) is 4.99. The first-order valence-electron chi connectivity index (χ1n) is 8.38. The van der Waals surface area contributed by atoms with Crippen molar-refractivity contribution in [3.05, 3.63) is 29.6 Å². The first-order chi connectivity index (χ1) is 10.2. The van der Waals surface area contributed by atoms with Crippen molar-refractivity contribution in [1.82, 2.24) is 14.9 Å². The summed E-state index contributed by atoms with van der Waals surface area (Å²) in [5, 5.41) is 3.70. The first-order valence-corrected chi connectivity index (χ1v) is 8.38. The Balaban J connectivity index is 2.02. The summed E-state index contributed by atoms with van der Waals surface area (Å²) in [6, 6.07) is 5.65. The van der Waals surface area contributed by atoms with Gasteiger partial charge in [-0.05, 0) is 56.5 Å². The van der Waals surface area contributed by atoms with Crippen LogP contribution >= 0.6 is 0 Å². The molecular formula is C18H27N3. The molecular weight excluding hydrogens is 258 g/mol. The Morgan fingerprint density at radius 3 is 2.71 bits per heavy atom. The van der Waals surface area contributed by atoms with Crippen LogP contribution in [-0.4, -0.2) is 22.1 Å². The van der Waals surface area contributed by atoms with E-state index in [4.69, 9.17) is 0 Å². The quantitative estimate of drug-likeness (QED) is 0.859. The molecule has 0 radical (unpaired) electrons. The van der Waals surface area contributed by atoms with Crippen molar-refractivity contribution < 1.29 is 0 Å². The highest BCUT2D eigenvalue weighted by molar-refractivity contribution is 5.77. The SMILES string of the molecule is CCNC1CCCCCC1n1cnc2cc(C)c(C)cc21. The van der Waals surface area contributed by atoms with E-state index in [1.54, 1.807) is 0 Å². The number of rotatable bonds is 3. The average Bonchev–Trinajstić information content (AvgIpc) is 2.71. The van der Waals surface area contributed by atoms with E-state index in [1.165, 1.54) is 48.7 Å². The van der Waals surface area contributed by atoms with E-state index >= 15 is 0 Å². The molecule has 3 heteroatoms. The van der Waals surface area contributed by atoms with Gasteiger partial charge in [-0.3, -0.25) is 0 Å². The molecule has 114 valence electrons. The molecule has 3 nitrogen and oxygen atoms in total. The second-order valence-electron chi connectivity index (χ2n) is 6.45. The summed E-state index contributed by atoms with van der Waals surface area (Å²) in [7, 11) is 0. The van der Waals surface area contributed by atoms with Crippen LogP contribution in [0.4, 0.5) is 0 Å². The third-order valence-corrected chi connectivity index (χ3v) is 4.99. The molecule has 1 aliphatic carbocycles. The summed E-state index contributed by atoms with van der Waals surface area (Å²) in [4.78, 5) is 4.66. The van der Waals surface area contributed by atoms with E-state index in [2.05, 4.69) is 54.1 Å². The highest BCUT2D eigenvalue weighted by atomic mass is 15.1. The maximum absolute atomic E-state index is 4.66. The predicted molar refractivity (Wildman–Crippen MR) is 88.8 cm³/mol. The van der Waals surface area contributed by atoms with Crippen LogP contribution in [0.5, 0.6) is 0 Å². The summed E-state index contributed by atoms with van der Waals surface area (Å²) in [5.41, 5.74) is 5.13. The second kappa shape index (κ2) is 6.18. The van der Waals surface area contributed by atoms with Gasteiger partial charge in [-0.2, -0.15) is 0 Å². The lowest BCUT2D eigenvalue weighted by Gasteiger charge is -2.27. The highest BCUT2D eigenvalue weighted by Crippen LogP contribution is 2.31. The fraction of sp³-hybridized carbons (Fsp3) is 0.611. The summed E-state index contributed by atoms with van der Waals surface area (Å²) in [5.74, 6) is 0. The van der Waals surface area contributed by atoms with Gasteiger partial charge in [0, 0.05) is 6.04 Å². The Morgan fingerprint density at radius 1 is 1.14 bits per heavy atom. The number of fused-ring (bicyclic) bond motifs is 1. The van der Waals surface area contributed by atoms with Crippen LogP contribution in [0.2, 0.25) is 0 Å². The van der Waals surface area contributed by atoms with Crippen molar-refractivity contribution in [1.29, 1.82) is 0 Å². The van der Waals surface area contributed by atoms with E-state index in [9.17, 15) is 0 Å². The normalized spacial score (nSPS) is 23.4. The van der Waals surface area contributed by atoms with Crippen LogP contribution in [0, 0.1) is 13.8 Å². The average molecular weight is 285 g/mol. The molecule has 0 spiro atoms. The Hall–Kier alpha value is -1.35. The van der Waals surface area contributed by atoms with Gasteiger partial charge in [-0.1, -0.05) is 26.2 Å². The number of likely N-dealkylation sites (N-methyl/N-ethyl adjacent to an activating group) is 1. The van der Waals surface area contributed by atoms with Crippen molar-refractivity contribution in [2.45, 2.75) is 65.0 Å². The maximum atomic E-state index is 4.66. The third kappa shape index (κ3) is 2.84. The Bertz CT molecular complexity index is 614. The van der Waals surface area contributed by atoms with Crippen molar-refractivity contribution in [3.63, 3.8) is 0 Å². The molecule has 0 saturated heterocycles. The van der Waals surface area contributed by atoms with Crippen LogP contribution in [0.15, 0.2) is 18.5 Å². The Labute approximate surface area is 127 Å². The van der Waals surface area contributed by atoms with Gasteiger partial charge in [0.2, 0.25) is 0 Å². The molecule has 0 aliphatic heterocycles. The molecule has 1 heterocycles. The van der Waals surface area contributed by atoms with Crippen LogP contribution in [0.3, 0.4) is 0 Å². The van der Waals surface area contributed by atoms with Gasteiger partial charge in [0.15, 0.2) is 0 Å². The number of benzene rings is 1. The van der Waals surface area contributed by atoms with E-state index in [1.807, 2.05) is 0 Å². The van der Waals surface area contributed by atoms with E-state index < -0.39 is 0 Å². The molecule has 1 aromatic carbocycles. The fourth-order valence-electron chi connectivity index (χ4n) is 3.67. The number of hydrogen-bond donors (Lipinski definition) is 1. The molecule has 1 N–H and O–H groups in total. The van der Waals surface area contributed by atoms with Crippen molar-refractivity contribution in [2.24, 2.45) is 0 Å². The minimum absolute atomic E-state index is 0.541. The molecule has 2 atom stereocenters. The second-order valence-corrected chi connectivity index (χ2v) is 6.45. The van der Waals surface area contributed by atoms with E-state index in [0.29, 0.717) is 12.1 Å². The van der Waals surface area contributed by atoms with Crippen molar-refractivity contribution >= 4 is 11.0 Å². The summed E-state index contributed by atoms with van der Waals surface area (Å²) >= 11 is 0. The molecule has 21 heavy (non-hydrogen) atoms. The smallest absolute Gasteiger partial charge is 0.0961 e. The summed E-state index contributed by atoms with van der Waals surface area (Å²) in [6.07, 6.45) is 8.64. The van der Waals surface area contributed by atoms with Gasteiger partial charge in [0.1, 0.15) is 0 Å². The highest BCUT2D eigenvalue weighted by Gasteiger charge is 2.25. The van der Waals surface area contributed by atoms with Gasteiger partial charge in [0.25, 0.3) is 0 Å². The first kappa shape index (κ1) is 14.6. The van der Waals surface area contributed by atoms with Crippen LogP contribution in [-0.2, 0) is 0 Å². The van der Waals surface area contributed by atoms with Gasteiger partial charge >= 0.3 is 0 Å². The minimum atomic E-state index is 0.541. The van der Waals surface area contributed by atoms with E-state index in [0.717, 1.165) is 12.1 Å². The molecule has 3 rings (SSSR count). The molecule has 2 unspecified atom stereocenters. The van der Waals surface area contributed by atoms with Crippen molar-refractivity contribution in [3.8, 4) is 0 Å². The molecule has 1 aromatic heterocycles. The predicted octanol–water partition coefficient (Wildman–Crippen LogP) is 4.14. The molecule has 2 aromatic rings. The van der Waals surface area contributed by atoms with Gasteiger partial charge in [-0.25, -0.2) is 4.98 Å². The van der Waals surface area contributed by atoms with Crippen molar-refractivity contribution in [2.75, 3.05) is 6.54 Å². The standard InChI is InChI=1S/C18H27N3/c1-4-19-15-8-6-5-7-9-17(15)21-12-20-16-10-13(2)14(3)11-18(16)21/h10-12,15,17,19H,4-9H2,1-3H3. The zero-order valence-electron chi connectivity index (χ0n) is 13.5. The fourth-order valence-corrected chi connectivity index (χ4v) is 3.67. The summed E-state index contributed by atoms with van der Waals surface area (Å²) in [6.45, 7) is 7.62. The number of aryl methyl sites for hydroxylation is 2. The van der Waals surface area contributed by atoms with Crippen LogP contribution < -0.4 is 5.32 Å². The number of imidazole rings is 1. The molecule has 1 aliphatic rings. The van der Waals surface area contributed by atoms with E-state index in [-0.39, 0.29) is 0 Å². The number of nitrogens with zero attached hydrogens (tertiary/aromatic N) is 2. The lowest BCUT2D eigenvalue weighted by molar-refractivity contribution is 0.341. The molecule has 0 amide bonds. The Morgan fingerprint density at radius 2 is 1.90 bits per heavy atom. The Kier molecular flexibility index (Phi) is 4.29. The van der Waals surface area contributed by atoms with Gasteiger partial charge < -0.3 is 9.88 Å². The zero-order valence-corrected chi connectivity index (χ0v) is 13.5. The molecule has 0 bridgehead atoms. The number of nitrogens with one attached hydrogen (secondary N) is 1. The number of hydrogen-bond acceptors (Lipinski definition) is 2. The maximum Gasteiger partial charge on any atom is 0.0961 e. The largest absolute Gasteiger partial charge is 0.326 e. The molecule has 1 fully saturated rings. The monoisotopic (exact) mass is 285 g/mol. The minimum Gasteiger partial charge on any atom is -0.326 e. The lowest BCUT2D eigenvalue weighted by atomic mass is 10.0. The van der Waals surface area contributed by atoms with Crippen LogP contribution in [0.25, 0.3) is 11.0 Å². The topological polar surface area (TPSA) is 29.9 Å². The lowest BCUT2D eigenvalue weighted by Crippen LogP contribution is -2.36. The van der Waals surface area contributed by atoms with Crippen LogP contribution in [0.1, 0.15) is 56.2 Å².